The second kappa shape index (κ2) is 7.14. The van der Waals surface area contributed by atoms with E-state index in [1.165, 1.54) is 12.0 Å². The summed E-state index contributed by atoms with van der Waals surface area (Å²) in [5.41, 5.74) is 2.13. The highest BCUT2D eigenvalue weighted by molar-refractivity contribution is 6.37. The number of fused-ring (bicyclic) bond motifs is 1. The molecule has 6 nitrogen and oxygen atoms in total. The molecule has 2 aromatic carbocycles. The van der Waals surface area contributed by atoms with Gasteiger partial charge in [0.05, 0.1) is 24.1 Å². The molecule has 0 unspecified atom stereocenters. The van der Waals surface area contributed by atoms with Gasteiger partial charge in [-0.1, -0.05) is 29.8 Å². The molecule has 2 amide bonds. The van der Waals surface area contributed by atoms with E-state index in [9.17, 15) is 14.9 Å². The number of halogens is 1. The van der Waals surface area contributed by atoms with Crippen molar-refractivity contribution in [2.45, 2.75) is 6.92 Å². The summed E-state index contributed by atoms with van der Waals surface area (Å²) in [7, 11) is 3.05. The van der Waals surface area contributed by atoms with Crippen molar-refractivity contribution in [3.8, 4) is 11.8 Å². The Morgan fingerprint density at radius 2 is 2.00 bits per heavy atom. The summed E-state index contributed by atoms with van der Waals surface area (Å²) in [6, 6.07) is 12.1. The van der Waals surface area contributed by atoms with Crippen LogP contribution >= 0.6 is 11.6 Å². The first-order valence-electron chi connectivity index (χ1n) is 8.06. The first-order chi connectivity index (χ1) is 12.9. The molecular formula is C20H16ClN3O3. The van der Waals surface area contributed by atoms with Gasteiger partial charge in [0.2, 0.25) is 0 Å². The Morgan fingerprint density at radius 3 is 2.67 bits per heavy atom. The van der Waals surface area contributed by atoms with Crippen LogP contribution in [0, 0.1) is 18.3 Å². The van der Waals surface area contributed by atoms with Gasteiger partial charge in [-0.15, -0.1) is 0 Å². The number of para-hydroxylation sites is 1. The van der Waals surface area contributed by atoms with E-state index < -0.39 is 11.8 Å². The quantitative estimate of drug-likeness (QED) is 0.651. The van der Waals surface area contributed by atoms with Gasteiger partial charge in [0.25, 0.3) is 11.8 Å². The average molecular weight is 382 g/mol. The minimum Gasteiger partial charge on any atom is -0.495 e. The number of carbonyl (C=O) groups is 2. The monoisotopic (exact) mass is 381 g/mol. The zero-order valence-corrected chi connectivity index (χ0v) is 15.7. The minimum absolute atomic E-state index is 0.0813. The van der Waals surface area contributed by atoms with Crippen LogP contribution in [-0.4, -0.2) is 26.0 Å². The Kier molecular flexibility index (Phi) is 4.89. The molecule has 1 heterocycles. The number of likely N-dealkylation sites (N-methyl/N-ethyl adjacent to an activating group) is 1. The predicted molar refractivity (Wildman–Crippen MR) is 104 cm³/mol. The summed E-state index contributed by atoms with van der Waals surface area (Å²) in [6.45, 7) is 1.78. The van der Waals surface area contributed by atoms with Crippen LogP contribution in [0.3, 0.4) is 0 Å². The third-order valence-electron chi connectivity index (χ3n) is 4.37. The maximum absolute atomic E-state index is 12.8. The number of ether oxygens (including phenoxy) is 1. The first-order valence-corrected chi connectivity index (χ1v) is 8.44. The smallest absolute Gasteiger partial charge is 0.267 e. The molecule has 136 valence electrons. The lowest BCUT2D eigenvalue weighted by molar-refractivity contribution is -0.114. The van der Waals surface area contributed by atoms with E-state index in [-0.39, 0.29) is 11.1 Å². The van der Waals surface area contributed by atoms with Crippen molar-refractivity contribution in [3.63, 3.8) is 0 Å². The highest BCUT2D eigenvalue weighted by Crippen LogP contribution is 2.38. The van der Waals surface area contributed by atoms with E-state index in [1.54, 1.807) is 50.4 Å². The van der Waals surface area contributed by atoms with Crippen LogP contribution in [0.15, 0.2) is 42.0 Å². The van der Waals surface area contributed by atoms with Crippen LogP contribution in [-0.2, 0) is 9.59 Å². The van der Waals surface area contributed by atoms with Gasteiger partial charge in [0, 0.05) is 23.7 Å². The van der Waals surface area contributed by atoms with E-state index in [1.807, 2.05) is 6.07 Å². The Hall–Kier alpha value is -3.30. The van der Waals surface area contributed by atoms with Crippen molar-refractivity contribution >= 4 is 40.4 Å². The second-order valence-corrected chi connectivity index (χ2v) is 6.41. The molecule has 1 aliphatic heterocycles. The van der Waals surface area contributed by atoms with Gasteiger partial charge in [0.15, 0.2) is 0 Å². The van der Waals surface area contributed by atoms with Crippen LogP contribution in [0.25, 0.3) is 5.57 Å². The topological polar surface area (TPSA) is 82.4 Å². The van der Waals surface area contributed by atoms with Crippen molar-refractivity contribution in [1.29, 1.82) is 5.26 Å². The zero-order chi connectivity index (χ0) is 19.7. The molecular weight excluding hydrogens is 366 g/mol. The molecule has 0 aromatic heterocycles. The standard InChI is InChI=1S/C20H16ClN3O3/c1-11-8-15(17(27-3)9-14(11)21)23-19(25)13(10-22)18-12-6-4-5-7-16(12)24(2)20(18)26/h4-9H,1-3H3,(H,23,25). The van der Waals surface area contributed by atoms with E-state index in [2.05, 4.69) is 5.32 Å². The number of nitriles is 1. The third-order valence-corrected chi connectivity index (χ3v) is 4.78. The van der Waals surface area contributed by atoms with Gasteiger partial charge in [-0.05, 0) is 24.6 Å². The van der Waals surface area contributed by atoms with Crippen molar-refractivity contribution in [2.24, 2.45) is 0 Å². The number of methoxy groups -OCH3 is 1. The number of nitrogens with one attached hydrogen (secondary N) is 1. The van der Waals surface area contributed by atoms with Gasteiger partial charge >= 0.3 is 0 Å². The van der Waals surface area contributed by atoms with Gasteiger partial charge < -0.3 is 15.0 Å². The number of anilines is 2. The summed E-state index contributed by atoms with van der Waals surface area (Å²) < 4.78 is 5.24. The van der Waals surface area contributed by atoms with Crippen LogP contribution in [0.2, 0.25) is 5.02 Å². The summed E-state index contributed by atoms with van der Waals surface area (Å²) >= 11 is 6.08. The fraction of sp³-hybridized carbons (Fsp3) is 0.150. The Balaban J connectivity index is 2.07. The largest absolute Gasteiger partial charge is 0.495 e. The molecule has 0 saturated heterocycles. The third kappa shape index (κ3) is 3.14. The van der Waals surface area contributed by atoms with Crippen molar-refractivity contribution in [3.05, 3.63) is 58.1 Å². The molecule has 3 rings (SSSR count). The molecule has 0 radical (unpaired) electrons. The summed E-state index contributed by atoms with van der Waals surface area (Å²) in [5.74, 6) is -0.732. The Labute approximate surface area is 161 Å². The van der Waals surface area contributed by atoms with Crippen molar-refractivity contribution in [2.75, 3.05) is 24.4 Å². The van der Waals surface area contributed by atoms with Crippen molar-refractivity contribution in [1.82, 2.24) is 0 Å². The highest BCUT2D eigenvalue weighted by atomic mass is 35.5. The molecule has 0 aliphatic carbocycles. The van der Waals surface area contributed by atoms with E-state index >= 15 is 0 Å². The van der Waals surface area contributed by atoms with Crippen LogP contribution < -0.4 is 15.0 Å². The summed E-state index contributed by atoms with van der Waals surface area (Å²) in [5, 5.41) is 12.7. The maximum atomic E-state index is 12.8. The van der Waals surface area contributed by atoms with E-state index in [4.69, 9.17) is 16.3 Å². The summed E-state index contributed by atoms with van der Waals surface area (Å²) in [6.07, 6.45) is 0. The number of carbonyl (C=O) groups excluding carboxylic acids is 2. The molecule has 7 heteroatoms. The zero-order valence-electron chi connectivity index (χ0n) is 15.0. The lowest BCUT2D eigenvalue weighted by Gasteiger charge is -2.12. The maximum Gasteiger partial charge on any atom is 0.267 e. The fourth-order valence-electron chi connectivity index (χ4n) is 2.95. The fourth-order valence-corrected chi connectivity index (χ4v) is 3.10. The molecule has 0 fully saturated rings. The number of hydrogen-bond acceptors (Lipinski definition) is 4. The molecule has 0 spiro atoms. The van der Waals surface area contributed by atoms with Gasteiger partial charge in [-0.3, -0.25) is 9.59 Å². The molecule has 27 heavy (non-hydrogen) atoms. The SMILES string of the molecule is COc1cc(Cl)c(C)cc1NC(=O)C(C#N)=C1C(=O)N(C)c2ccccc21. The van der Waals surface area contributed by atoms with E-state index in [0.717, 1.165) is 5.56 Å². The lowest BCUT2D eigenvalue weighted by atomic mass is 10.0. The Bertz CT molecular complexity index is 1040. The number of amides is 2. The second-order valence-electron chi connectivity index (χ2n) is 6.00. The van der Waals surface area contributed by atoms with Crippen LogP contribution in [0.5, 0.6) is 5.75 Å². The first kappa shape index (κ1) is 18.5. The highest BCUT2D eigenvalue weighted by Gasteiger charge is 2.34. The number of hydrogen-bond donors (Lipinski definition) is 1. The van der Waals surface area contributed by atoms with Crippen molar-refractivity contribution < 1.29 is 14.3 Å². The van der Waals surface area contributed by atoms with Crippen LogP contribution in [0.4, 0.5) is 11.4 Å². The van der Waals surface area contributed by atoms with Crippen LogP contribution in [0.1, 0.15) is 11.1 Å². The molecule has 0 bridgehead atoms. The van der Waals surface area contributed by atoms with Gasteiger partial charge in [0.1, 0.15) is 17.4 Å². The lowest BCUT2D eigenvalue weighted by Crippen LogP contribution is -2.23. The normalized spacial score (nSPS) is 14.5. The van der Waals surface area contributed by atoms with Gasteiger partial charge in [-0.25, -0.2) is 0 Å². The Morgan fingerprint density at radius 1 is 1.30 bits per heavy atom. The molecule has 1 N–H and O–H groups in total. The van der Waals surface area contributed by atoms with E-state index in [0.29, 0.717) is 27.7 Å². The number of aryl methyl sites for hydroxylation is 1. The summed E-state index contributed by atoms with van der Waals surface area (Å²) in [4.78, 5) is 26.9. The average Bonchev–Trinajstić information content (AvgIpc) is 2.91. The number of nitrogens with zero attached hydrogens (tertiary/aromatic N) is 2. The molecule has 0 saturated carbocycles. The minimum atomic E-state index is -0.689. The number of rotatable bonds is 3. The molecule has 2 aromatic rings. The predicted octanol–water partition coefficient (Wildman–Crippen LogP) is 3.55. The molecule has 1 aliphatic rings. The van der Waals surface area contributed by atoms with Gasteiger partial charge in [-0.2, -0.15) is 5.26 Å². The number of benzene rings is 2. The molecule has 0 atom stereocenters.